The van der Waals surface area contributed by atoms with Crippen LogP contribution in [0.15, 0.2) is 59.5 Å². The summed E-state index contributed by atoms with van der Waals surface area (Å²) in [4.78, 5) is 14.5. The van der Waals surface area contributed by atoms with Crippen LogP contribution in [0.4, 0.5) is 16.2 Å². The molecule has 1 aliphatic heterocycles. The highest BCUT2D eigenvalue weighted by Crippen LogP contribution is 2.23. The average molecular weight is 413 g/mol. The first kappa shape index (κ1) is 20.7. The number of nitriles is 1. The molecule has 2 N–H and O–H groups in total. The van der Waals surface area contributed by atoms with Crippen LogP contribution in [-0.4, -0.2) is 39.3 Å². The number of anilines is 2. The lowest BCUT2D eigenvalue weighted by molar-refractivity contribution is 0.250. The van der Waals surface area contributed by atoms with Gasteiger partial charge in [-0.05, 0) is 55.7 Å². The van der Waals surface area contributed by atoms with Crippen molar-refractivity contribution in [2.24, 2.45) is 5.92 Å². The quantitative estimate of drug-likeness (QED) is 0.759. The van der Waals surface area contributed by atoms with Crippen molar-refractivity contribution >= 4 is 27.2 Å². The maximum atomic E-state index is 12.2. The van der Waals surface area contributed by atoms with Crippen LogP contribution in [0.5, 0.6) is 0 Å². The Hall–Kier alpha value is -3.05. The molecule has 1 saturated heterocycles. The van der Waals surface area contributed by atoms with E-state index in [9.17, 15) is 13.2 Å². The molecule has 0 saturated carbocycles. The summed E-state index contributed by atoms with van der Waals surface area (Å²) in [5.41, 5.74) is 1.68. The van der Waals surface area contributed by atoms with E-state index in [-0.39, 0.29) is 10.9 Å². The molecule has 152 valence electrons. The number of para-hydroxylation sites is 1. The molecule has 0 radical (unpaired) electrons. The molecule has 7 nitrogen and oxygen atoms in total. The van der Waals surface area contributed by atoms with Crippen molar-refractivity contribution in [2.45, 2.75) is 23.5 Å². The molecule has 1 fully saturated rings. The third-order valence-electron chi connectivity index (χ3n) is 5.05. The van der Waals surface area contributed by atoms with Gasteiger partial charge in [0.1, 0.15) is 5.25 Å². The lowest BCUT2D eigenvalue weighted by atomic mass is 10.1. The first-order valence-corrected chi connectivity index (χ1v) is 11.0. The van der Waals surface area contributed by atoms with E-state index in [1.54, 1.807) is 6.07 Å². The van der Waals surface area contributed by atoms with Crippen LogP contribution in [0, 0.1) is 17.2 Å². The van der Waals surface area contributed by atoms with Crippen molar-refractivity contribution in [1.82, 2.24) is 5.32 Å². The Balaban J connectivity index is 1.48. The molecular weight excluding hydrogens is 388 g/mol. The first-order valence-electron chi connectivity index (χ1n) is 9.48. The minimum absolute atomic E-state index is 0.0597. The molecule has 1 heterocycles. The Morgan fingerprint density at radius 1 is 1.21 bits per heavy atom. The van der Waals surface area contributed by atoms with Crippen LogP contribution >= 0.6 is 0 Å². The standard InChI is InChI=1S/C21H24N4O3S/c1-16(13-22)29(27,28)20-9-7-18(8-10-20)24-21(26)23-14-17-11-12-25(15-17)19-5-3-2-4-6-19/h2-10,16-17H,11-12,14-15H2,1H3,(H2,23,24,26)/t16-,17-/m0/s1. The topological polar surface area (TPSA) is 102 Å². The molecule has 0 aromatic heterocycles. The maximum absolute atomic E-state index is 12.2. The van der Waals surface area contributed by atoms with E-state index in [4.69, 9.17) is 5.26 Å². The van der Waals surface area contributed by atoms with Gasteiger partial charge in [-0.15, -0.1) is 0 Å². The second-order valence-corrected chi connectivity index (χ2v) is 9.38. The first-order chi connectivity index (χ1) is 13.9. The van der Waals surface area contributed by atoms with Crippen LogP contribution in [0.3, 0.4) is 0 Å². The van der Waals surface area contributed by atoms with E-state index in [0.717, 1.165) is 19.5 Å². The second-order valence-electron chi connectivity index (χ2n) is 7.11. The van der Waals surface area contributed by atoms with E-state index in [1.165, 1.54) is 36.9 Å². The predicted molar refractivity (Wildman–Crippen MR) is 112 cm³/mol. The Labute approximate surface area is 171 Å². The highest BCUT2D eigenvalue weighted by atomic mass is 32.2. The van der Waals surface area contributed by atoms with Crippen molar-refractivity contribution in [1.29, 1.82) is 5.26 Å². The largest absolute Gasteiger partial charge is 0.371 e. The van der Waals surface area contributed by atoms with Gasteiger partial charge in [-0.25, -0.2) is 13.2 Å². The van der Waals surface area contributed by atoms with Crippen molar-refractivity contribution in [3.8, 4) is 6.07 Å². The van der Waals surface area contributed by atoms with E-state index in [2.05, 4.69) is 27.7 Å². The number of hydrogen-bond donors (Lipinski definition) is 2. The number of urea groups is 1. The Bertz CT molecular complexity index is 985. The number of nitrogens with one attached hydrogen (secondary N) is 2. The SMILES string of the molecule is C[C@@H](C#N)S(=O)(=O)c1ccc(NC(=O)NC[C@@H]2CCN(c3ccccc3)C2)cc1. The number of amides is 2. The van der Waals surface area contributed by atoms with Crippen LogP contribution in [0.25, 0.3) is 0 Å². The summed E-state index contributed by atoms with van der Waals surface area (Å²) in [6.45, 7) is 3.78. The molecule has 0 aliphatic carbocycles. The van der Waals surface area contributed by atoms with Gasteiger partial charge >= 0.3 is 6.03 Å². The van der Waals surface area contributed by atoms with Crippen molar-refractivity contribution in [2.75, 3.05) is 29.9 Å². The third-order valence-corrected chi connectivity index (χ3v) is 7.01. The Morgan fingerprint density at radius 2 is 1.90 bits per heavy atom. The van der Waals surface area contributed by atoms with Gasteiger partial charge < -0.3 is 15.5 Å². The van der Waals surface area contributed by atoms with Crippen molar-refractivity contribution in [3.63, 3.8) is 0 Å². The fourth-order valence-corrected chi connectivity index (χ4v) is 4.35. The van der Waals surface area contributed by atoms with Crippen molar-refractivity contribution in [3.05, 3.63) is 54.6 Å². The fourth-order valence-electron chi connectivity index (χ4n) is 3.29. The van der Waals surface area contributed by atoms with Gasteiger partial charge in [0.05, 0.1) is 11.0 Å². The van der Waals surface area contributed by atoms with Crippen LogP contribution in [-0.2, 0) is 9.84 Å². The number of benzene rings is 2. The zero-order valence-corrected chi connectivity index (χ0v) is 17.0. The van der Waals surface area contributed by atoms with E-state index >= 15 is 0 Å². The molecule has 0 unspecified atom stereocenters. The monoisotopic (exact) mass is 412 g/mol. The molecule has 8 heteroatoms. The minimum Gasteiger partial charge on any atom is -0.371 e. The van der Waals surface area contributed by atoms with Gasteiger partial charge in [0.15, 0.2) is 9.84 Å². The van der Waals surface area contributed by atoms with Crippen molar-refractivity contribution < 1.29 is 13.2 Å². The van der Waals surface area contributed by atoms with E-state index < -0.39 is 15.1 Å². The summed E-state index contributed by atoms with van der Waals surface area (Å²) in [7, 11) is -3.68. The maximum Gasteiger partial charge on any atom is 0.319 e. The molecule has 1 aliphatic rings. The average Bonchev–Trinajstić information content (AvgIpc) is 3.22. The fraction of sp³-hybridized carbons (Fsp3) is 0.333. The molecule has 3 rings (SSSR count). The molecule has 2 aromatic rings. The zero-order valence-electron chi connectivity index (χ0n) is 16.2. The normalized spacial score (nSPS) is 17.4. The number of sulfone groups is 1. The number of carbonyl (C=O) groups excluding carboxylic acids is 1. The molecular formula is C21H24N4O3S. The lowest BCUT2D eigenvalue weighted by Crippen LogP contribution is -2.34. The molecule has 2 atom stereocenters. The third kappa shape index (κ3) is 5.06. The minimum atomic E-state index is -3.68. The van der Waals surface area contributed by atoms with E-state index in [0.29, 0.717) is 18.2 Å². The summed E-state index contributed by atoms with van der Waals surface area (Å²) in [6, 6.07) is 17.4. The molecule has 0 spiro atoms. The molecule has 2 amide bonds. The summed E-state index contributed by atoms with van der Waals surface area (Å²) >= 11 is 0. The predicted octanol–water partition coefficient (Wildman–Crippen LogP) is 3.02. The van der Waals surface area contributed by atoms with Gasteiger partial charge in [0.2, 0.25) is 0 Å². The molecule has 2 aromatic carbocycles. The zero-order chi connectivity index (χ0) is 20.9. The van der Waals surface area contributed by atoms with Gasteiger partial charge in [0, 0.05) is 31.0 Å². The lowest BCUT2D eigenvalue weighted by Gasteiger charge is -2.18. The highest BCUT2D eigenvalue weighted by molar-refractivity contribution is 7.92. The van der Waals surface area contributed by atoms with Gasteiger partial charge in [-0.1, -0.05) is 18.2 Å². The second kappa shape index (κ2) is 8.97. The smallest absolute Gasteiger partial charge is 0.319 e. The van der Waals surface area contributed by atoms with Gasteiger partial charge in [-0.3, -0.25) is 0 Å². The summed E-state index contributed by atoms with van der Waals surface area (Å²) in [6.07, 6.45) is 1.01. The molecule has 0 bridgehead atoms. The number of hydrogen-bond acceptors (Lipinski definition) is 5. The summed E-state index contributed by atoms with van der Waals surface area (Å²) in [5, 5.41) is 13.3. The van der Waals surface area contributed by atoms with Crippen LogP contribution in [0.1, 0.15) is 13.3 Å². The van der Waals surface area contributed by atoms with E-state index in [1.807, 2.05) is 18.2 Å². The molecule has 29 heavy (non-hydrogen) atoms. The number of nitrogens with zero attached hydrogens (tertiary/aromatic N) is 2. The Kier molecular flexibility index (Phi) is 6.39. The summed E-state index contributed by atoms with van der Waals surface area (Å²) in [5.74, 6) is 0.376. The highest BCUT2D eigenvalue weighted by Gasteiger charge is 2.24. The Morgan fingerprint density at radius 3 is 2.55 bits per heavy atom. The van der Waals surface area contributed by atoms with Crippen LogP contribution in [0.2, 0.25) is 0 Å². The number of carbonyl (C=O) groups is 1. The number of rotatable bonds is 6. The van der Waals surface area contributed by atoms with Gasteiger partial charge in [0.25, 0.3) is 0 Å². The van der Waals surface area contributed by atoms with Gasteiger partial charge in [-0.2, -0.15) is 5.26 Å². The summed E-state index contributed by atoms with van der Waals surface area (Å²) < 4.78 is 24.3. The van der Waals surface area contributed by atoms with Crippen LogP contribution < -0.4 is 15.5 Å².